The van der Waals surface area contributed by atoms with E-state index in [0.717, 1.165) is 11.1 Å². The Bertz CT molecular complexity index is 1080. The molecule has 9 heteroatoms. The highest BCUT2D eigenvalue weighted by Crippen LogP contribution is 2.30. The molecule has 0 spiro atoms. The van der Waals surface area contributed by atoms with E-state index in [0.29, 0.717) is 25.5 Å². The van der Waals surface area contributed by atoms with E-state index in [1.807, 2.05) is 42.5 Å². The van der Waals surface area contributed by atoms with Crippen LogP contribution in [0.4, 0.5) is 0 Å². The van der Waals surface area contributed by atoms with Crippen LogP contribution in [0, 0.1) is 0 Å². The van der Waals surface area contributed by atoms with Crippen LogP contribution in [0.2, 0.25) is 5.02 Å². The number of halogens is 3. The van der Waals surface area contributed by atoms with Gasteiger partial charge in [-0.15, -0.1) is 0 Å². The second-order valence-corrected chi connectivity index (χ2v) is 8.40. The zero-order chi connectivity index (χ0) is 22.2. The molecule has 0 bridgehead atoms. The number of amides is 2. The summed E-state index contributed by atoms with van der Waals surface area (Å²) in [5.74, 6) is -0.0706. The molecule has 0 aliphatic carbocycles. The maximum atomic E-state index is 12.0. The minimum absolute atomic E-state index is 0.271. The van der Waals surface area contributed by atoms with Crippen molar-refractivity contribution in [1.82, 2.24) is 10.9 Å². The highest BCUT2D eigenvalue weighted by atomic mass is 79.9. The van der Waals surface area contributed by atoms with E-state index in [2.05, 4.69) is 42.7 Å². The Labute approximate surface area is 201 Å². The summed E-state index contributed by atoms with van der Waals surface area (Å²) in [5.41, 5.74) is 6.64. The fourth-order valence-corrected chi connectivity index (χ4v) is 3.81. The number of hydrogen-bond acceptors (Lipinski definition) is 4. The topological polar surface area (TPSA) is 76.7 Å². The highest BCUT2D eigenvalue weighted by Gasteiger charge is 2.10. The van der Waals surface area contributed by atoms with Crippen molar-refractivity contribution in [3.63, 3.8) is 0 Å². The molecule has 0 heterocycles. The zero-order valence-corrected chi connectivity index (χ0v) is 20.0. The van der Waals surface area contributed by atoms with Gasteiger partial charge in [-0.25, -0.2) is 0 Å². The lowest BCUT2D eigenvalue weighted by Crippen LogP contribution is -2.45. The Hall–Kier alpha value is -2.55. The maximum absolute atomic E-state index is 12.0. The Morgan fingerprint density at radius 3 is 1.84 bits per heavy atom. The van der Waals surface area contributed by atoms with Gasteiger partial charge in [-0.2, -0.15) is 0 Å². The largest absolute Gasteiger partial charge is 0.483 e. The van der Waals surface area contributed by atoms with Crippen LogP contribution >= 0.6 is 43.5 Å². The van der Waals surface area contributed by atoms with Crippen molar-refractivity contribution in [2.75, 3.05) is 13.2 Å². The maximum Gasteiger partial charge on any atom is 0.276 e. The zero-order valence-electron chi connectivity index (χ0n) is 16.0. The van der Waals surface area contributed by atoms with Crippen molar-refractivity contribution in [2.24, 2.45) is 0 Å². The summed E-state index contributed by atoms with van der Waals surface area (Å²) in [4.78, 5) is 23.8. The van der Waals surface area contributed by atoms with Crippen molar-refractivity contribution in [2.45, 2.75) is 0 Å². The second kappa shape index (κ2) is 11.2. The third-order valence-electron chi connectivity index (χ3n) is 3.99. The third-order valence-corrected chi connectivity index (χ3v) is 5.47. The fraction of sp³-hybridized carbons (Fsp3) is 0.0909. The first kappa shape index (κ1) is 23.1. The Kier molecular flexibility index (Phi) is 8.34. The standard InChI is InChI=1S/C22H17Br2ClN2O4/c23-17-10-15(14-4-2-1-3-5-14)6-8-19(17)30-12-21(28)26-27-22(29)13-31-20-9-7-16(25)11-18(20)24/h1-11H,12-13H2,(H,26,28)(H,27,29). The number of benzene rings is 3. The molecule has 3 aromatic carbocycles. The van der Waals surface area contributed by atoms with Crippen LogP contribution in [0.3, 0.4) is 0 Å². The van der Waals surface area contributed by atoms with E-state index < -0.39 is 11.8 Å². The van der Waals surface area contributed by atoms with Crippen LogP contribution in [0.1, 0.15) is 0 Å². The Balaban J connectivity index is 1.43. The van der Waals surface area contributed by atoms with E-state index in [-0.39, 0.29) is 13.2 Å². The number of carbonyl (C=O) groups is 2. The van der Waals surface area contributed by atoms with Gasteiger partial charge in [0, 0.05) is 5.02 Å². The SMILES string of the molecule is O=C(COc1ccc(Cl)cc1Br)NNC(=O)COc1ccc(-c2ccccc2)cc1Br. The first-order valence-corrected chi connectivity index (χ1v) is 11.0. The first-order valence-electron chi connectivity index (χ1n) is 9.05. The lowest BCUT2D eigenvalue weighted by molar-refractivity contribution is -0.131. The molecular formula is C22H17Br2ClN2O4. The van der Waals surface area contributed by atoms with E-state index >= 15 is 0 Å². The molecular weight excluding hydrogens is 552 g/mol. The molecule has 0 atom stereocenters. The summed E-state index contributed by atoms with van der Waals surface area (Å²) in [6.45, 7) is -0.555. The van der Waals surface area contributed by atoms with Crippen molar-refractivity contribution < 1.29 is 19.1 Å². The van der Waals surface area contributed by atoms with E-state index in [9.17, 15) is 9.59 Å². The quantitative estimate of drug-likeness (QED) is 0.387. The van der Waals surface area contributed by atoms with Gasteiger partial charge in [-0.1, -0.05) is 48.0 Å². The molecule has 0 fully saturated rings. The number of hydrazine groups is 1. The molecule has 0 aromatic heterocycles. The normalized spacial score (nSPS) is 10.3. The molecule has 3 aromatic rings. The molecule has 0 saturated heterocycles. The van der Waals surface area contributed by atoms with Gasteiger partial charge in [0.25, 0.3) is 11.8 Å². The predicted molar refractivity (Wildman–Crippen MR) is 126 cm³/mol. The monoisotopic (exact) mass is 566 g/mol. The molecule has 6 nitrogen and oxygen atoms in total. The van der Waals surface area contributed by atoms with Crippen molar-refractivity contribution in [1.29, 1.82) is 0 Å². The van der Waals surface area contributed by atoms with Gasteiger partial charge in [0.2, 0.25) is 0 Å². The van der Waals surface area contributed by atoms with Crippen LogP contribution in [-0.4, -0.2) is 25.0 Å². The molecule has 0 aliphatic rings. The fourth-order valence-electron chi connectivity index (χ4n) is 2.52. The van der Waals surface area contributed by atoms with Crippen LogP contribution < -0.4 is 20.3 Å². The number of carbonyl (C=O) groups excluding carboxylic acids is 2. The lowest BCUT2D eigenvalue weighted by Gasteiger charge is -2.12. The van der Waals surface area contributed by atoms with Crippen molar-refractivity contribution >= 4 is 55.3 Å². The molecule has 0 saturated carbocycles. The number of ether oxygens (including phenoxy) is 2. The molecule has 3 rings (SSSR count). The van der Waals surface area contributed by atoms with Gasteiger partial charge < -0.3 is 9.47 Å². The molecule has 0 radical (unpaired) electrons. The summed E-state index contributed by atoms with van der Waals surface area (Å²) >= 11 is 12.6. The second-order valence-electron chi connectivity index (χ2n) is 6.26. The van der Waals surface area contributed by atoms with Crippen LogP contribution in [-0.2, 0) is 9.59 Å². The number of hydrogen-bond donors (Lipinski definition) is 2. The molecule has 0 unspecified atom stereocenters. The van der Waals surface area contributed by atoms with Crippen molar-refractivity contribution in [3.8, 4) is 22.6 Å². The smallest absolute Gasteiger partial charge is 0.276 e. The summed E-state index contributed by atoms with van der Waals surface area (Å²) < 4.78 is 12.2. The molecule has 2 amide bonds. The summed E-state index contributed by atoms with van der Waals surface area (Å²) in [5, 5.41) is 0.539. The average Bonchev–Trinajstić information content (AvgIpc) is 2.76. The van der Waals surface area contributed by atoms with Gasteiger partial charge in [0.1, 0.15) is 11.5 Å². The van der Waals surface area contributed by atoms with Gasteiger partial charge in [-0.05, 0) is 73.3 Å². The molecule has 31 heavy (non-hydrogen) atoms. The Morgan fingerprint density at radius 1 is 0.742 bits per heavy atom. The van der Waals surface area contributed by atoms with Crippen LogP contribution in [0.15, 0.2) is 75.7 Å². The number of nitrogens with one attached hydrogen (secondary N) is 2. The molecule has 2 N–H and O–H groups in total. The predicted octanol–water partition coefficient (Wildman–Crippen LogP) is 5.14. The van der Waals surface area contributed by atoms with Gasteiger partial charge in [0.05, 0.1) is 8.95 Å². The van der Waals surface area contributed by atoms with Crippen molar-refractivity contribution in [3.05, 3.63) is 80.7 Å². The third kappa shape index (κ3) is 6.99. The Morgan fingerprint density at radius 2 is 1.29 bits per heavy atom. The average molecular weight is 569 g/mol. The summed E-state index contributed by atoms with van der Waals surface area (Å²) in [7, 11) is 0. The summed E-state index contributed by atoms with van der Waals surface area (Å²) in [6.07, 6.45) is 0. The molecule has 0 aliphatic heterocycles. The van der Waals surface area contributed by atoms with Gasteiger partial charge in [-0.3, -0.25) is 20.4 Å². The van der Waals surface area contributed by atoms with Crippen LogP contribution in [0.5, 0.6) is 11.5 Å². The van der Waals surface area contributed by atoms with E-state index in [1.165, 1.54) is 0 Å². The van der Waals surface area contributed by atoms with Gasteiger partial charge >= 0.3 is 0 Å². The van der Waals surface area contributed by atoms with E-state index in [4.69, 9.17) is 21.1 Å². The number of rotatable bonds is 7. The molecule has 160 valence electrons. The summed E-state index contributed by atoms with van der Waals surface area (Å²) in [6, 6.07) is 20.4. The minimum atomic E-state index is -0.524. The van der Waals surface area contributed by atoms with E-state index in [1.54, 1.807) is 24.3 Å². The van der Waals surface area contributed by atoms with Gasteiger partial charge in [0.15, 0.2) is 13.2 Å². The minimum Gasteiger partial charge on any atom is -0.483 e. The highest BCUT2D eigenvalue weighted by molar-refractivity contribution is 9.10. The first-order chi connectivity index (χ1) is 14.9. The van der Waals surface area contributed by atoms with Crippen LogP contribution in [0.25, 0.3) is 11.1 Å². The lowest BCUT2D eigenvalue weighted by atomic mass is 10.1.